The molecular formula is C22H31FN10O2. The Hall–Kier alpha value is -3.74. The maximum atomic E-state index is 13.8. The first-order valence-electron chi connectivity index (χ1n) is 11.6. The Kier molecular flexibility index (Phi) is 7.15. The van der Waals surface area contributed by atoms with Crippen LogP contribution in [0.1, 0.15) is 25.8 Å². The van der Waals surface area contributed by atoms with E-state index in [1.165, 1.54) is 0 Å². The summed E-state index contributed by atoms with van der Waals surface area (Å²) in [5.74, 6) is 0.426. The molecule has 4 N–H and O–H groups in total. The summed E-state index contributed by atoms with van der Waals surface area (Å²) in [4.78, 5) is 39.8. The van der Waals surface area contributed by atoms with Crippen LogP contribution in [0.2, 0.25) is 0 Å². The van der Waals surface area contributed by atoms with Crippen molar-refractivity contribution in [3.8, 4) is 0 Å². The van der Waals surface area contributed by atoms with Crippen molar-refractivity contribution < 1.29 is 9.18 Å². The Morgan fingerprint density at radius 2 is 2.11 bits per heavy atom. The van der Waals surface area contributed by atoms with Gasteiger partial charge in [-0.05, 0) is 39.4 Å². The van der Waals surface area contributed by atoms with E-state index < -0.39 is 12.1 Å². The zero-order valence-corrected chi connectivity index (χ0v) is 19.9. The molecule has 2 saturated heterocycles. The highest BCUT2D eigenvalue weighted by Gasteiger charge is 2.26. The third kappa shape index (κ3) is 5.34. The van der Waals surface area contributed by atoms with Gasteiger partial charge in [0.1, 0.15) is 11.9 Å². The Balaban J connectivity index is 0.000000527. The Morgan fingerprint density at radius 3 is 2.71 bits per heavy atom. The molecule has 0 aliphatic carbocycles. The first-order chi connectivity index (χ1) is 16.8. The summed E-state index contributed by atoms with van der Waals surface area (Å²) in [6.07, 6.45) is 5.14. The number of hydrogen-bond acceptors (Lipinski definition) is 8. The summed E-state index contributed by atoms with van der Waals surface area (Å²) in [7, 11) is 2.07. The number of anilines is 3. The monoisotopic (exact) mass is 486 g/mol. The van der Waals surface area contributed by atoms with Crippen LogP contribution < -0.4 is 21.5 Å². The van der Waals surface area contributed by atoms with E-state index in [1.807, 2.05) is 21.1 Å². The Bertz CT molecular complexity index is 1260. The number of alkyl halides is 1. The second kappa shape index (κ2) is 10.3. The number of aryl methyl sites for hydroxylation is 1. The smallest absolute Gasteiger partial charge is 0.287 e. The summed E-state index contributed by atoms with van der Waals surface area (Å²) in [6.45, 7) is 8.53. The topological polar surface area (TPSA) is 143 Å². The molecule has 3 aromatic rings. The van der Waals surface area contributed by atoms with Crippen LogP contribution in [0.4, 0.5) is 21.8 Å². The molecule has 0 bridgehead atoms. The van der Waals surface area contributed by atoms with E-state index in [0.29, 0.717) is 48.1 Å². The number of nitrogens with zero attached hydrogens (tertiary/aromatic N) is 7. The van der Waals surface area contributed by atoms with E-state index in [-0.39, 0.29) is 18.1 Å². The van der Waals surface area contributed by atoms with Crippen LogP contribution in [-0.4, -0.2) is 79.5 Å². The summed E-state index contributed by atoms with van der Waals surface area (Å²) in [5, 5.41) is 6.07. The number of carbonyl (C=O) groups excluding carboxylic acids is 1. The maximum Gasteiger partial charge on any atom is 0.287 e. The summed E-state index contributed by atoms with van der Waals surface area (Å²) in [5.41, 5.74) is 5.99. The molecule has 5 heterocycles. The minimum Gasteiger partial charge on any atom is -0.366 e. The molecular weight excluding hydrogens is 455 g/mol. The van der Waals surface area contributed by atoms with Crippen LogP contribution in [0.3, 0.4) is 0 Å². The molecule has 0 saturated carbocycles. The number of fused-ring (bicyclic) bond motifs is 1. The predicted octanol–water partition coefficient (Wildman–Crippen LogP) is 1.16. The SMILES string of the molecule is C=CC(N)=O.CCn1cnc2c(Nc3cn(C4CCN(C)C4)[nH]c3=O)nc(N3CCC(F)C3)nc21. The number of carbonyl (C=O) groups is 1. The third-order valence-corrected chi connectivity index (χ3v) is 6.16. The molecule has 2 aliphatic heterocycles. The van der Waals surface area contributed by atoms with Gasteiger partial charge in [0, 0.05) is 19.6 Å². The number of likely N-dealkylation sites (N-methyl/N-ethyl adjacent to an activating group) is 1. The van der Waals surface area contributed by atoms with Gasteiger partial charge in [-0.3, -0.25) is 19.4 Å². The maximum absolute atomic E-state index is 13.8. The first kappa shape index (κ1) is 24.4. The molecule has 13 heteroatoms. The van der Waals surface area contributed by atoms with Gasteiger partial charge < -0.3 is 25.4 Å². The number of nitrogens with one attached hydrogen (secondary N) is 2. The first-order valence-corrected chi connectivity index (χ1v) is 11.6. The van der Waals surface area contributed by atoms with Crippen molar-refractivity contribution in [3.63, 3.8) is 0 Å². The summed E-state index contributed by atoms with van der Waals surface area (Å²) >= 11 is 0. The minimum atomic E-state index is -0.877. The molecule has 12 nitrogen and oxygen atoms in total. The van der Waals surface area contributed by atoms with Crippen LogP contribution in [0, 0.1) is 0 Å². The number of aromatic amines is 1. The molecule has 0 radical (unpaired) electrons. The minimum absolute atomic E-state index is 0.210. The van der Waals surface area contributed by atoms with E-state index in [0.717, 1.165) is 25.6 Å². The molecule has 2 fully saturated rings. The second-order valence-electron chi connectivity index (χ2n) is 8.73. The van der Waals surface area contributed by atoms with Crippen LogP contribution in [0.25, 0.3) is 11.2 Å². The lowest BCUT2D eigenvalue weighted by atomic mass is 10.3. The fraction of sp³-hybridized carbons (Fsp3) is 0.500. The molecule has 2 atom stereocenters. The fourth-order valence-corrected chi connectivity index (χ4v) is 4.25. The van der Waals surface area contributed by atoms with Gasteiger partial charge in [0.15, 0.2) is 17.0 Å². The van der Waals surface area contributed by atoms with Gasteiger partial charge in [-0.2, -0.15) is 9.97 Å². The number of rotatable bonds is 6. The van der Waals surface area contributed by atoms with E-state index in [1.54, 1.807) is 12.5 Å². The fourth-order valence-electron chi connectivity index (χ4n) is 4.25. The summed E-state index contributed by atoms with van der Waals surface area (Å²) in [6, 6.07) is 0.240. The number of hydrogen-bond donors (Lipinski definition) is 3. The van der Waals surface area contributed by atoms with Crippen molar-refractivity contribution >= 4 is 34.5 Å². The second-order valence-corrected chi connectivity index (χ2v) is 8.73. The van der Waals surface area contributed by atoms with E-state index in [9.17, 15) is 14.0 Å². The van der Waals surface area contributed by atoms with Crippen LogP contribution in [0.5, 0.6) is 0 Å². The summed E-state index contributed by atoms with van der Waals surface area (Å²) < 4.78 is 17.5. The average molecular weight is 487 g/mol. The number of H-pyrrole nitrogens is 1. The van der Waals surface area contributed by atoms with Crippen molar-refractivity contribution in [2.45, 2.75) is 38.5 Å². The quantitative estimate of drug-likeness (QED) is 0.441. The molecule has 35 heavy (non-hydrogen) atoms. The van der Waals surface area contributed by atoms with E-state index >= 15 is 0 Å². The Morgan fingerprint density at radius 1 is 1.34 bits per heavy atom. The third-order valence-electron chi connectivity index (χ3n) is 6.16. The van der Waals surface area contributed by atoms with Gasteiger partial charge in [-0.1, -0.05) is 6.58 Å². The van der Waals surface area contributed by atoms with Gasteiger partial charge in [0.05, 0.1) is 25.1 Å². The predicted molar refractivity (Wildman–Crippen MR) is 132 cm³/mol. The molecule has 0 aromatic carbocycles. The van der Waals surface area contributed by atoms with Crippen molar-refractivity contribution in [1.29, 1.82) is 0 Å². The molecule has 2 unspecified atom stereocenters. The number of amides is 1. The highest BCUT2D eigenvalue weighted by Crippen LogP contribution is 2.27. The lowest BCUT2D eigenvalue weighted by molar-refractivity contribution is -0.113. The molecule has 0 spiro atoms. The van der Waals surface area contributed by atoms with E-state index in [2.05, 4.69) is 49.6 Å². The molecule has 5 rings (SSSR count). The van der Waals surface area contributed by atoms with Crippen molar-refractivity contribution in [3.05, 3.63) is 35.5 Å². The van der Waals surface area contributed by atoms with Gasteiger partial charge in [-0.25, -0.2) is 9.37 Å². The van der Waals surface area contributed by atoms with Gasteiger partial charge in [-0.15, -0.1) is 0 Å². The zero-order chi connectivity index (χ0) is 25.1. The van der Waals surface area contributed by atoms with E-state index in [4.69, 9.17) is 0 Å². The standard InChI is InChI=1S/C19H26FN9O.C3H5NO/c1-3-27-11-21-15-16(23-19(24-17(15)27)28-7-4-12(20)8-28)22-14-10-29(25-18(14)30)13-5-6-26(2)9-13;1-2-3(4)5/h10-13H,3-9H2,1-2H3,(H,25,30)(H,22,23,24);2H,1H2,(H2,4,5). The highest BCUT2D eigenvalue weighted by molar-refractivity contribution is 5.86. The number of likely N-dealkylation sites (tertiary alicyclic amines) is 1. The Labute approximate surface area is 201 Å². The number of primary amides is 1. The largest absolute Gasteiger partial charge is 0.366 e. The number of nitrogens with two attached hydrogens (primary N) is 1. The average Bonchev–Trinajstić information content (AvgIpc) is 3.62. The molecule has 3 aromatic heterocycles. The molecule has 188 valence electrons. The lowest BCUT2D eigenvalue weighted by Crippen LogP contribution is -2.23. The van der Waals surface area contributed by atoms with Gasteiger partial charge in [0.2, 0.25) is 11.9 Å². The normalized spacial score (nSPS) is 20.1. The molecule has 1 amide bonds. The van der Waals surface area contributed by atoms with Gasteiger partial charge >= 0.3 is 0 Å². The van der Waals surface area contributed by atoms with Crippen molar-refractivity contribution in [2.75, 3.05) is 43.4 Å². The van der Waals surface area contributed by atoms with Crippen LogP contribution >= 0.6 is 0 Å². The number of aromatic nitrogens is 6. The van der Waals surface area contributed by atoms with Gasteiger partial charge in [0.25, 0.3) is 5.56 Å². The zero-order valence-electron chi connectivity index (χ0n) is 19.9. The molecule has 2 aliphatic rings. The van der Waals surface area contributed by atoms with Crippen LogP contribution in [0.15, 0.2) is 30.0 Å². The van der Waals surface area contributed by atoms with Crippen LogP contribution in [-0.2, 0) is 11.3 Å². The highest BCUT2D eigenvalue weighted by atomic mass is 19.1. The number of imidazole rings is 1. The lowest BCUT2D eigenvalue weighted by Gasteiger charge is -2.16. The van der Waals surface area contributed by atoms with Crippen molar-refractivity contribution in [2.24, 2.45) is 5.73 Å². The number of halogens is 1. The van der Waals surface area contributed by atoms with Crippen molar-refractivity contribution in [1.82, 2.24) is 34.2 Å².